The van der Waals surface area contributed by atoms with Gasteiger partial charge in [-0.2, -0.15) is 0 Å². The molecule has 0 aliphatic carbocycles. The van der Waals surface area contributed by atoms with Crippen molar-refractivity contribution in [1.82, 2.24) is 5.32 Å². The Morgan fingerprint density at radius 3 is 2.61 bits per heavy atom. The summed E-state index contributed by atoms with van der Waals surface area (Å²) in [5.74, 6) is 0. The van der Waals surface area contributed by atoms with Gasteiger partial charge < -0.3 is 10.4 Å². The van der Waals surface area contributed by atoms with E-state index in [0.717, 1.165) is 37.8 Å². The van der Waals surface area contributed by atoms with Crippen LogP contribution in [0.1, 0.15) is 44.2 Å². The Morgan fingerprint density at radius 1 is 1.17 bits per heavy atom. The topological polar surface area (TPSA) is 32.3 Å². The Balaban J connectivity index is 2.32. The van der Waals surface area contributed by atoms with E-state index in [2.05, 4.69) is 12.2 Å². The molecule has 0 saturated heterocycles. The van der Waals surface area contributed by atoms with Crippen molar-refractivity contribution in [1.29, 1.82) is 0 Å². The van der Waals surface area contributed by atoms with Gasteiger partial charge in [0.15, 0.2) is 0 Å². The third-order valence-corrected chi connectivity index (χ3v) is 3.82. The van der Waals surface area contributed by atoms with E-state index in [-0.39, 0.29) is 6.04 Å². The second-order valence-electron chi connectivity index (χ2n) is 4.46. The van der Waals surface area contributed by atoms with Crippen molar-refractivity contribution in [3.05, 3.63) is 33.8 Å². The summed E-state index contributed by atoms with van der Waals surface area (Å²) >= 11 is 12.2. The van der Waals surface area contributed by atoms with Crippen LogP contribution in [0.25, 0.3) is 0 Å². The quantitative estimate of drug-likeness (QED) is 0.703. The van der Waals surface area contributed by atoms with Gasteiger partial charge in [-0.15, -0.1) is 0 Å². The maximum Gasteiger partial charge on any atom is 0.0639 e. The Hall–Kier alpha value is -0.280. The minimum Gasteiger partial charge on any atom is -0.396 e. The van der Waals surface area contributed by atoms with Crippen molar-refractivity contribution in [2.45, 2.75) is 38.6 Å². The average molecular weight is 290 g/mol. The predicted octanol–water partition coefficient (Wildman–Crippen LogP) is 4.20. The highest BCUT2D eigenvalue weighted by Gasteiger charge is 2.10. The summed E-state index contributed by atoms with van der Waals surface area (Å²) in [6.45, 7) is 3.34. The van der Waals surface area contributed by atoms with Crippen LogP contribution >= 0.6 is 23.2 Å². The first-order valence-electron chi connectivity index (χ1n) is 6.45. The van der Waals surface area contributed by atoms with E-state index in [0.29, 0.717) is 16.7 Å². The number of aliphatic hydroxyl groups excluding tert-OH is 1. The number of benzene rings is 1. The number of aliphatic hydroxyl groups is 1. The minimum atomic E-state index is 0.203. The number of rotatable bonds is 8. The van der Waals surface area contributed by atoms with Gasteiger partial charge in [-0.25, -0.2) is 0 Å². The molecule has 18 heavy (non-hydrogen) atoms. The molecule has 1 unspecified atom stereocenters. The van der Waals surface area contributed by atoms with Crippen molar-refractivity contribution < 1.29 is 5.11 Å². The number of unbranched alkanes of at least 4 members (excludes halogenated alkanes) is 3. The first-order chi connectivity index (χ1) is 8.66. The van der Waals surface area contributed by atoms with E-state index in [9.17, 15) is 0 Å². The van der Waals surface area contributed by atoms with E-state index in [1.165, 1.54) is 0 Å². The van der Waals surface area contributed by atoms with Crippen LogP contribution in [-0.2, 0) is 0 Å². The fraction of sp³-hybridized carbons (Fsp3) is 0.571. The molecule has 0 saturated carbocycles. The summed E-state index contributed by atoms with van der Waals surface area (Å²) < 4.78 is 0. The minimum absolute atomic E-state index is 0.203. The molecule has 4 heteroatoms. The van der Waals surface area contributed by atoms with Crippen LogP contribution in [0.3, 0.4) is 0 Å². The Kier molecular flexibility index (Phi) is 7.68. The molecule has 0 aliphatic heterocycles. The van der Waals surface area contributed by atoms with E-state index < -0.39 is 0 Å². The third-order valence-electron chi connectivity index (χ3n) is 2.98. The van der Waals surface area contributed by atoms with Gasteiger partial charge in [0.2, 0.25) is 0 Å². The number of halogens is 2. The summed E-state index contributed by atoms with van der Waals surface area (Å²) in [5.41, 5.74) is 1.04. The highest BCUT2D eigenvalue weighted by atomic mass is 35.5. The van der Waals surface area contributed by atoms with Gasteiger partial charge in [-0.1, -0.05) is 48.2 Å². The lowest BCUT2D eigenvalue weighted by atomic mass is 10.1. The monoisotopic (exact) mass is 289 g/mol. The smallest absolute Gasteiger partial charge is 0.0639 e. The predicted molar refractivity (Wildman–Crippen MR) is 78.4 cm³/mol. The molecule has 2 nitrogen and oxygen atoms in total. The summed E-state index contributed by atoms with van der Waals surface area (Å²) in [5, 5.41) is 13.4. The van der Waals surface area contributed by atoms with Crippen molar-refractivity contribution in [3.63, 3.8) is 0 Å². The molecule has 1 atom stereocenters. The van der Waals surface area contributed by atoms with Crippen LogP contribution in [0.5, 0.6) is 0 Å². The number of nitrogens with one attached hydrogen (secondary N) is 1. The Morgan fingerprint density at radius 2 is 1.89 bits per heavy atom. The number of hydrogen-bond acceptors (Lipinski definition) is 2. The molecule has 102 valence electrons. The van der Waals surface area contributed by atoms with Gasteiger partial charge in [0.05, 0.1) is 10.0 Å². The van der Waals surface area contributed by atoms with Gasteiger partial charge in [0, 0.05) is 12.6 Å². The van der Waals surface area contributed by atoms with Crippen LogP contribution in [0, 0.1) is 0 Å². The summed E-state index contributed by atoms with van der Waals surface area (Å²) in [4.78, 5) is 0. The first-order valence-corrected chi connectivity index (χ1v) is 7.20. The van der Waals surface area contributed by atoms with Gasteiger partial charge in [0.25, 0.3) is 0 Å². The van der Waals surface area contributed by atoms with Gasteiger partial charge in [-0.05, 0) is 37.9 Å². The van der Waals surface area contributed by atoms with Crippen LogP contribution in [0.15, 0.2) is 18.2 Å². The van der Waals surface area contributed by atoms with E-state index >= 15 is 0 Å². The molecule has 0 radical (unpaired) electrons. The van der Waals surface area contributed by atoms with Crippen LogP contribution in [0.2, 0.25) is 10.0 Å². The van der Waals surface area contributed by atoms with Crippen molar-refractivity contribution >= 4 is 23.2 Å². The lowest BCUT2D eigenvalue weighted by molar-refractivity contribution is 0.282. The maximum absolute atomic E-state index is 8.67. The molecule has 0 aliphatic rings. The van der Waals surface area contributed by atoms with Crippen molar-refractivity contribution in [2.24, 2.45) is 0 Å². The van der Waals surface area contributed by atoms with E-state index in [4.69, 9.17) is 28.3 Å². The first kappa shape index (κ1) is 15.8. The molecule has 0 heterocycles. The molecule has 1 rings (SSSR count). The summed E-state index contributed by atoms with van der Waals surface area (Å²) in [7, 11) is 0. The normalized spacial score (nSPS) is 12.7. The van der Waals surface area contributed by atoms with Crippen molar-refractivity contribution in [3.8, 4) is 0 Å². The zero-order chi connectivity index (χ0) is 13.4. The highest BCUT2D eigenvalue weighted by Crippen LogP contribution is 2.29. The van der Waals surface area contributed by atoms with E-state index in [1.54, 1.807) is 6.07 Å². The van der Waals surface area contributed by atoms with Gasteiger partial charge in [0.1, 0.15) is 0 Å². The molecule has 0 amide bonds. The molecular weight excluding hydrogens is 269 g/mol. The van der Waals surface area contributed by atoms with Crippen LogP contribution in [-0.4, -0.2) is 18.3 Å². The summed E-state index contributed by atoms with van der Waals surface area (Å²) in [6.07, 6.45) is 4.24. The Labute approximate surface area is 119 Å². The SMILES string of the molecule is CC(NCCCCCCO)c1cccc(Cl)c1Cl. The molecule has 0 aromatic heterocycles. The molecular formula is C14H21Cl2NO. The molecule has 1 aromatic carbocycles. The fourth-order valence-electron chi connectivity index (χ4n) is 1.87. The molecule has 0 spiro atoms. The fourth-order valence-corrected chi connectivity index (χ4v) is 2.35. The average Bonchev–Trinajstić information content (AvgIpc) is 2.36. The standard InChI is InChI=1S/C14H21Cl2NO/c1-11(17-9-4-2-3-5-10-18)12-7-6-8-13(15)14(12)16/h6-8,11,17-18H,2-5,9-10H2,1H3. The maximum atomic E-state index is 8.67. The second-order valence-corrected chi connectivity index (χ2v) is 5.24. The lowest BCUT2D eigenvalue weighted by Crippen LogP contribution is -2.20. The molecule has 1 aromatic rings. The van der Waals surface area contributed by atoms with E-state index in [1.807, 2.05) is 12.1 Å². The zero-order valence-corrected chi connectivity index (χ0v) is 12.3. The molecule has 0 bridgehead atoms. The summed E-state index contributed by atoms with van der Waals surface area (Å²) in [6, 6.07) is 5.92. The molecule has 0 fully saturated rings. The van der Waals surface area contributed by atoms with Gasteiger partial charge in [-0.3, -0.25) is 0 Å². The second kappa shape index (κ2) is 8.76. The number of hydrogen-bond donors (Lipinski definition) is 2. The molecule has 2 N–H and O–H groups in total. The van der Waals surface area contributed by atoms with Crippen molar-refractivity contribution in [2.75, 3.05) is 13.2 Å². The van der Waals surface area contributed by atoms with Crippen LogP contribution in [0.4, 0.5) is 0 Å². The third kappa shape index (κ3) is 5.15. The Bertz CT molecular complexity index is 358. The lowest BCUT2D eigenvalue weighted by Gasteiger charge is -2.16. The van der Waals surface area contributed by atoms with Gasteiger partial charge >= 0.3 is 0 Å². The van der Waals surface area contributed by atoms with Crippen LogP contribution < -0.4 is 5.32 Å². The zero-order valence-electron chi connectivity index (χ0n) is 10.8. The highest BCUT2D eigenvalue weighted by molar-refractivity contribution is 6.42. The largest absolute Gasteiger partial charge is 0.396 e.